The number of hydrogen-bond acceptors (Lipinski definition) is 7. The lowest BCUT2D eigenvalue weighted by Gasteiger charge is -2.12. The first kappa shape index (κ1) is 24.2. The molecule has 0 atom stereocenters. The molecule has 0 radical (unpaired) electrons. The van der Waals surface area contributed by atoms with Crippen molar-refractivity contribution in [1.82, 2.24) is 24.3 Å². The fourth-order valence-corrected chi connectivity index (χ4v) is 5.30. The van der Waals surface area contributed by atoms with E-state index in [0.717, 1.165) is 51.8 Å². The van der Waals surface area contributed by atoms with Crippen molar-refractivity contribution in [3.05, 3.63) is 70.8 Å². The maximum Gasteiger partial charge on any atom is 0.193 e. The lowest BCUT2D eigenvalue weighted by atomic mass is 10.1. The van der Waals surface area contributed by atoms with E-state index in [1.54, 1.807) is 17.5 Å². The van der Waals surface area contributed by atoms with Crippen molar-refractivity contribution in [1.29, 1.82) is 0 Å². The Hall–Kier alpha value is -2.91. The van der Waals surface area contributed by atoms with Gasteiger partial charge >= 0.3 is 0 Å². The van der Waals surface area contributed by atoms with Gasteiger partial charge in [0.15, 0.2) is 21.9 Å². The molecule has 3 heterocycles. The molecule has 0 N–H and O–H groups in total. The number of para-hydroxylation sites is 1. The first-order chi connectivity index (χ1) is 16.4. The van der Waals surface area contributed by atoms with E-state index < -0.39 is 0 Å². The lowest BCUT2D eigenvalue weighted by Crippen LogP contribution is -2.11. The quantitative estimate of drug-likeness (QED) is 0.195. The number of ketones is 1. The Labute approximate surface area is 208 Å². The highest BCUT2D eigenvalue weighted by molar-refractivity contribution is 7.99. The highest BCUT2D eigenvalue weighted by Gasteiger charge is 2.20. The summed E-state index contributed by atoms with van der Waals surface area (Å²) in [5.41, 5.74) is 2.64. The number of hydrogen-bond donors (Lipinski definition) is 0. The summed E-state index contributed by atoms with van der Waals surface area (Å²) in [6, 6.07) is 11.6. The van der Waals surface area contributed by atoms with Crippen LogP contribution in [0.2, 0.25) is 0 Å². The molecule has 9 heteroatoms. The van der Waals surface area contributed by atoms with Crippen molar-refractivity contribution in [2.45, 2.75) is 52.4 Å². The molecule has 0 amide bonds. The average molecular weight is 496 g/mol. The number of thiazole rings is 1. The normalized spacial score (nSPS) is 11.3. The second kappa shape index (κ2) is 11.0. The SMILES string of the molecule is Cc1cc(C(=O)CSc2nnc(COc3ccccc3)n2CCC(C)C)c(C)n1-c1nccs1. The second-order valence-electron chi connectivity index (χ2n) is 8.48. The molecule has 0 unspecified atom stereocenters. The minimum absolute atomic E-state index is 0.0707. The smallest absolute Gasteiger partial charge is 0.193 e. The minimum Gasteiger partial charge on any atom is -0.486 e. The molecular formula is C25H29N5O2S2. The Bertz CT molecular complexity index is 1230. The number of carbonyl (C=O) groups excluding carboxylic acids is 1. The molecule has 7 nitrogen and oxygen atoms in total. The molecule has 0 aliphatic rings. The second-order valence-corrected chi connectivity index (χ2v) is 10.3. The number of aromatic nitrogens is 5. The molecule has 1 aromatic carbocycles. The molecule has 4 rings (SSSR count). The van der Waals surface area contributed by atoms with Crippen LogP contribution in [0, 0.1) is 19.8 Å². The van der Waals surface area contributed by atoms with Crippen molar-refractivity contribution in [2.24, 2.45) is 5.92 Å². The van der Waals surface area contributed by atoms with Crippen LogP contribution in [0.3, 0.4) is 0 Å². The van der Waals surface area contributed by atoms with E-state index in [2.05, 4.69) is 33.6 Å². The molecule has 0 aliphatic carbocycles. The van der Waals surface area contributed by atoms with Gasteiger partial charge in [0.25, 0.3) is 0 Å². The fourth-order valence-electron chi connectivity index (χ4n) is 3.68. The molecule has 0 saturated carbocycles. The molecule has 0 saturated heterocycles. The third-order valence-corrected chi connectivity index (χ3v) is 7.23. The van der Waals surface area contributed by atoms with E-state index in [-0.39, 0.29) is 5.78 Å². The molecule has 0 bridgehead atoms. The predicted octanol–water partition coefficient (Wildman–Crippen LogP) is 5.74. The maximum absolute atomic E-state index is 13.1. The van der Waals surface area contributed by atoms with Crippen molar-refractivity contribution in [2.75, 3.05) is 5.75 Å². The third kappa shape index (κ3) is 5.59. The van der Waals surface area contributed by atoms with Crippen molar-refractivity contribution >= 4 is 28.9 Å². The van der Waals surface area contributed by atoms with Crippen LogP contribution in [0.15, 0.2) is 53.1 Å². The van der Waals surface area contributed by atoms with Gasteiger partial charge in [-0.3, -0.25) is 9.36 Å². The Morgan fingerprint density at radius 3 is 2.68 bits per heavy atom. The zero-order valence-electron chi connectivity index (χ0n) is 19.9. The maximum atomic E-state index is 13.1. The van der Waals surface area contributed by atoms with E-state index in [0.29, 0.717) is 18.3 Å². The van der Waals surface area contributed by atoms with Gasteiger partial charge in [-0.1, -0.05) is 43.8 Å². The highest BCUT2D eigenvalue weighted by Crippen LogP contribution is 2.26. The van der Waals surface area contributed by atoms with Crippen LogP contribution >= 0.6 is 23.1 Å². The fraction of sp³-hybridized carbons (Fsp3) is 0.360. The molecule has 34 heavy (non-hydrogen) atoms. The number of ether oxygens (including phenoxy) is 1. The summed E-state index contributed by atoms with van der Waals surface area (Å²) in [7, 11) is 0. The van der Waals surface area contributed by atoms with E-state index >= 15 is 0 Å². The zero-order valence-corrected chi connectivity index (χ0v) is 21.5. The molecule has 178 valence electrons. The highest BCUT2D eigenvalue weighted by atomic mass is 32.2. The van der Waals surface area contributed by atoms with Crippen LogP contribution in [-0.2, 0) is 13.2 Å². The number of nitrogens with zero attached hydrogens (tertiary/aromatic N) is 5. The van der Waals surface area contributed by atoms with Crippen molar-refractivity contribution in [3.8, 4) is 10.9 Å². The van der Waals surface area contributed by atoms with Crippen LogP contribution in [-0.4, -0.2) is 35.9 Å². The van der Waals surface area contributed by atoms with Crippen LogP contribution in [0.1, 0.15) is 47.8 Å². The van der Waals surface area contributed by atoms with E-state index in [4.69, 9.17) is 4.74 Å². The number of benzene rings is 1. The van der Waals surface area contributed by atoms with E-state index in [1.807, 2.05) is 60.2 Å². The Morgan fingerprint density at radius 2 is 1.97 bits per heavy atom. The van der Waals surface area contributed by atoms with E-state index in [1.165, 1.54) is 11.8 Å². The van der Waals surface area contributed by atoms with Crippen molar-refractivity contribution in [3.63, 3.8) is 0 Å². The van der Waals surface area contributed by atoms with Crippen molar-refractivity contribution < 1.29 is 9.53 Å². The number of rotatable bonds is 11. The molecule has 0 fully saturated rings. The monoisotopic (exact) mass is 495 g/mol. The van der Waals surface area contributed by atoms with Gasteiger partial charge < -0.3 is 9.30 Å². The molecule has 4 aromatic rings. The van der Waals surface area contributed by atoms with Crippen LogP contribution in [0.4, 0.5) is 0 Å². The van der Waals surface area contributed by atoms with E-state index in [9.17, 15) is 4.79 Å². The molecule has 0 aliphatic heterocycles. The summed E-state index contributed by atoms with van der Waals surface area (Å²) in [5, 5.41) is 12.3. The number of thioether (sulfide) groups is 1. The van der Waals surface area contributed by atoms with Gasteiger partial charge in [0, 0.05) is 35.1 Å². The van der Waals surface area contributed by atoms with Gasteiger partial charge in [0.05, 0.1) is 5.75 Å². The topological polar surface area (TPSA) is 74.8 Å². The first-order valence-corrected chi connectivity index (χ1v) is 13.1. The Morgan fingerprint density at radius 1 is 1.18 bits per heavy atom. The first-order valence-electron chi connectivity index (χ1n) is 11.3. The van der Waals surface area contributed by atoms with Crippen LogP contribution < -0.4 is 4.74 Å². The van der Waals surface area contributed by atoms with Crippen LogP contribution in [0.5, 0.6) is 5.75 Å². The Balaban J connectivity index is 1.48. The van der Waals surface area contributed by atoms with Gasteiger partial charge in [0.1, 0.15) is 12.4 Å². The number of aryl methyl sites for hydroxylation is 1. The minimum atomic E-state index is 0.0707. The van der Waals surface area contributed by atoms with Gasteiger partial charge in [-0.2, -0.15) is 0 Å². The standard InChI is InChI=1S/C25H29N5O2S2/c1-17(2)10-12-29-23(15-32-20-8-6-5-7-9-20)27-28-25(29)34-16-22(31)21-14-18(3)30(19(21)4)24-26-11-13-33-24/h5-9,11,13-14,17H,10,12,15-16H2,1-4H3. The van der Waals surface area contributed by atoms with Gasteiger partial charge in [-0.25, -0.2) is 4.98 Å². The van der Waals surface area contributed by atoms with Gasteiger partial charge in [0.2, 0.25) is 0 Å². The summed E-state index contributed by atoms with van der Waals surface area (Å²) in [4.78, 5) is 17.5. The summed E-state index contributed by atoms with van der Waals surface area (Å²) in [6.07, 6.45) is 2.77. The molecule has 0 spiro atoms. The summed E-state index contributed by atoms with van der Waals surface area (Å²) < 4.78 is 10.0. The Kier molecular flexibility index (Phi) is 7.84. The third-order valence-electron chi connectivity index (χ3n) is 5.51. The number of Topliss-reactive ketones (excluding diaryl/α,β-unsaturated/α-hetero) is 1. The summed E-state index contributed by atoms with van der Waals surface area (Å²) >= 11 is 2.98. The van der Waals surface area contributed by atoms with Crippen LogP contribution in [0.25, 0.3) is 5.13 Å². The number of carbonyl (C=O) groups is 1. The summed E-state index contributed by atoms with van der Waals surface area (Å²) in [6.45, 7) is 9.47. The molecule has 3 aromatic heterocycles. The lowest BCUT2D eigenvalue weighted by molar-refractivity contribution is 0.102. The largest absolute Gasteiger partial charge is 0.486 e. The van der Waals surface area contributed by atoms with Gasteiger partial charge in [-0.15, -0.1) is 21.5 Å². The predicted molar refractivity (Wildman–Crippen MR) is 136 cm³/mol. The van der Waals surface area contributed by atoms with Gasteiger partial charge in [-0.05, 0) is 44.4 Å². The molecular weight excluding hydrogens is 466 g/mol. The average Bonchev–Trinajstić information content (AvgIpc) is 3.54. The zero-order chi connectivity index (χ0) is 24.1. The summed E-state index contributed by atoms with van der Waals surface area (Å²) in [5.74, 6) is 2.46.